The van der Waals surface area contributed by atoms with Gasteiger partial charge in [0.2, 0.25) is 0 Å². The quantitative estimate of drug-likeness (QED) is 0.749. The lowest BCUT2D eigenvalue weighted by atomic mass is 10.1. The first kappa shape index (κ1) is 16.0. The predicted molar refractivity (Wildman–Crippen MR) is 86.0 cm³/mol. The molecule has 0 unspecified atom stereocenters. The molecule has 0 aliphatic rings. The molecule has 0 bridgehead atoms. The largest absolute Gasteiger partial charge is 0.335 e. The van der Waals surface area contributed by atoms with E-state index in [-0.39, 0.29) is 16.2 Å². The topological polar surface area (TPSA) is 20.3 Å². The summed E-state index contributed by atoms with van der Waals surface area (Å²) in [6, 6.07) is 11.7. The average molecular weight is 371 g/mol. The number of amides is 1. The van der Waals surface area contributed by atoms with Gasteiger partial charge in [0, 0.05) is 23.7 Å². The highest BCUT2D eigenvalue weighted by Gasteiger charge is 2.16. The van der Waals surface area contributed by atoms with Crippen LogP contribution in [0.25, 0.3) is 0 Å². The molecule has 0 saturated carbocycles. The van der Waals surface area contributed by atoms with Crippen LogP contribution in [0.1, 0.15) is 22.8 Å². The van der Waals surface area contributed by atoms with Crippen LogP contribution in [-0.2, 0) is 6.54 Å². The van der Waals surface area contributed by atoms with E-state index in [4.69, 9.17) is 11.6 Å². The van der Waals surface area contributed by atoms with Gasteiger partial charge in [0.15, 0.2) is 0 Å². The van der Waals surface area contributed by atoms with Gasteiger partial charge >= 0.3 is 0 Å². The Morgan fingerprint density at radius 2 is 2.00 bits per heavy atom. The number of halogens is 3. The Hall–Kier alpha value is -1.39. The third-order valence-corrected chi connectivity index (χ3v) is 4.13. The van der Waals surface area contributed by atoms with Crippen LogP contribution in [0.4, 0.5) is 4.39 Å². The SMILES string of the molecule is CCN(Cc1ccccc1Cl)C(=O)c1ccc(F)c(Br)c1. The van der Waals surface area contributed by atoms with Crippen LogP contribution in [0, 0.1) is 5.82 Å². The second kappa shape index (κ2) is 7.05. The van der Waals surface area contributed by atoms with Crippen molar-refractivity contribution in [2.75, 3.05) is 6.54 Å². The number of hydrogen-bond acceptors (Lipinski definition) is 1. The summed E-state index contributed by atoms with van der Waals surface area (Å²) in [6.45, 7) is 2.86. The molecule has 1 amide bonds. The molecule has 110 valence electrons. The van der Waals surface area contributed by atoms with E-state index in [1.165, 1.54) is 18.2 Å². The number of carbonyl (C=O) groups excluding carboxylic acids is 1. The Bertz CT molecular complexity index is 662. The van der Waals surface area contributed by atoms with E-state index >= 15 is 0 Å². The fraction of sp³-hybridized carbons (Fsp3) is 0.188. The van der Waals surface area contributed by atoms with E-state index in [2.05, 4.69) is 15.9 Å². The molecule has 0 radical (unpaired) electrons. The van der Waals surface area contributed by atoms with Crippen molar-refractivity contribution in [1.29, 1.82) is 0 Å². The zero-order valence-electron chi connectivity index (χ0n) is 11.4. The second-order valence-electron chi connectivity index (χ2n) is 4.54. The summed E-state index contributed by atoms with van der Waals surface area (Å²) in [5, 5.41) is 0.629. The third kappa shape index (κ3) is 3.83. The van der Waals surface area contributed by atoms with E-state index in [9.17, 15) is 9.18 Å². The highest BCUT2D eigenvalue weighted by molar-refractivity contribution is 9.10. The van der Waals surface area contributed by atoms with E-state index in [1.807, 2.05) is 25.1 Å². The maximum absolute atomic E-state index is 13.3. The predicted octanol–water partition coefficient (Wildman–Crippen LogP) is 4.90. The maximum Gasteiger partial charge on any atom is 0.254 e. The van der Waals surface area contributed by atoms with Crippen LogP contribution in [0.2, 0.25) is 5.02 Å². The molecule has 0 aliphatic carbocycles. The van der Waals surface area contributed by atoms with Crippen LogP contribution in [0.3, 0.4) is 0 Å². The van der Waals surface area contributed by atoms with Gasteiger partial charge in [0.25, 0.3) is 5.91 Å². The second-order valence-corrected chi connectivity index (χ2v) is 5.80. The van der Waals surface area contributed by atoms with Crippen LogP contribution in [0.15, 0.2) is 46.9 Å². The van der Waals surface area contributed by atoms with Crippen LogP contribution < -0.4 is 0 Å². The lowest BCUT2D eigenvalue weighted by molar-refractivity contribution is 0.0752. The summed E-state index contributed by atoms with van der Waals surface area (Å²) in [5.74, 6) is -0.543. The van der Waals surface area contributed by atoms with Gasteiger partial charge < -0.3 is 4.90 Å². The molecule has 0 N–H and O–H groups in total. The molecule has 0 fully saturated rings. The van der Waals surface area contributed by atoms with Crippen molar-refractivity contribution in [3.05, 3.63) is 68.9 Å². The first-order valence-electron chi connectivity index (χ1n) is 6.50. The number of hydrogen-bond donors (Lipinski definition) is 0. The molecular weight excluding hydrogens is 357 g/mol. The van der Waals surface area contributed by atoms with E-state index in [0.717, 1.165) is 5.56 Å². The highest BCUT2D eigenvalue weighted by atomic mass is 79.9. The zero-order valence-corrected chi connectivity index (χ0v) is 13.8. The molecule has 0 aliphatic heterocycles. The van der Waals surface area contributed by atoms with Gasteiger partial charge in [0.1, 0.15) is 5.82 Å². The molecule has 2 nitrogen and oxygen atoms in total. The van der Waals surface area contributed by atoms with E-state index in [0.29, 0.717) is 23.7 Å². The number of carbonyl (C=O) groups is 1. The molecule has 2 aromatic rings. The maximum atomic E-state index is 13.3. The van der Waals surface area contributed by atoms with Crippen LogP contribution in [-0.4, -0.2) is 17.4 Å². The molecule has 2 rings (SSSR count). The minimum absolute atomic E-state index is 0.155. The van der Waals surface area contributed by atoms with Crippen molar-refractivity contribution in [3.63, 3.8) is 0 Å². The van der Waals surface area contributed by atoms with Gasteiger partial charge in [-0.15, -0.1) is 0 Å². The van der Waals surface area contributed by atoms with Crippen molar-refractivity contribution in [3.8, 4) is 0 Å². The Kier molecular flexibility index (Phi) is 5.37. The van der Waals surface area contributed by atoms with Crippen molar-refractivity contribution in [2.45, 2.75) is 13.5 Å². The Morgan fingerprint density at radius 3 is 2.62 bits per heavy atom. The van der Waals surface area contributed by atoms with Crippen LogP contribution >= 0.6 is 27.5 Å². The number of benzene rings is 2. The summed E-state index contributed by atoms with van der Waals surface area (Å²) in [4.78, 5) is 14.2. The monoisotopic (exact) mass is 369 g/mol. The molecule has 5 heteroatoms. The van der Waals surface area contributed by atoms with Gasteiger partial charge in [-0.3, -0.25) is 4.79 Å². The van der Waals surface area contributed by atoms with Crippen molar-refractivity contribution >= 4 is 33.4 Å². The Morgan fingerprint density at radius 1 is 1.29 bits per heavy atom. The molecule has 0 saturated heterocycles. The zero-order chi connectivity index (χ0) is 15.4. The van der Waals surface area contributed by atoms with Crippen molar-refractivity contribution < 1.29 is 9.18 Å². The molecule has 0 atom stereocenters. The fourth-order valence-corrected chi connectivity index (χ4v) is 2.55. The summed E-state index contributed by atoms with van der Waals surface area (Å²) in [7, 11) is 0. The summed E-state index contributed by atoms with van der Waals surface area (Å²) >= 11 is 9.22. The third-order valence-electron chi connectivity index (χ3n) is 3.15. The van der Waals surface area contributed by atoms with Crippen molar-refractivity contribution in [2.24, 2.45) is 0 Å². The normalized spacial score (nSPS) is 10.5. The minimum Gasteiger partial charge on any atom is -0.335 e. The molecule has 21 heavy (non-hydrogen) atoms. The average Bonchev–Trinajstić information content (AvgIpc) is 2.48. The smallest absolute Gasteiger partial charge is 0.254 e. The lowest BCUT2D eigenvalue weighted by Gasteiger charge is -2.21. The number of nitrogens with zero attached hydrogens (tertiary/aromatic N) is 1. The van der Waals surface area contributed by atoms with Gasteiger partial charge in [-0.25, -0.2) is 4.39 Å². The van der Waals surface area contributed by atoms with E-state index < -0.39 is 0 Å². The Balaban J connectivity index is 2.22. The summed E-state index contributed by atoms with van der Waals surface area (Å²) < 4.78 is 13.5. The summed E-state index contributed by atoms with van der Waals surface area (Å²) in [5.41, 5.74) is 1.33. The minimum atomic E-state index is -0.388. The van der Waals surface area contributed by atoms with Gasteiger partial charge in [-0.05, 0) is 52.7 Å². The Labute approximate surface area is 136 Å². The van der Waals surface area contributed by atoms with Gasteiger partial charge in [0.05, 0.1) is 4.47 Å². The highest BCUT2D eigenvalue weighted by Crippen LogP contribution is 2.21. The molecule has 2 aromatic carbocycles. The van der Waals surface area contributed by atoms with Crippen LogP contribution in [0.5, 0.6) is 0 Å². The number of rotatable bonds is 4. The summed E-state index contributed by atoms with van der Waals surface area (Å²) in [6.07, 6.45) is 0. The molecule has 0 spiro atoms. The van der Waals surface area contributed by atoms with Gasteiger partial charge in [-0.2, -0.15) is 0 Å². The first-order chi connectivity index (χ1) is 10.0. The molecule has 0 heterocycles. The lowest BCUT2D eigenvalue weighted by Crippen LogP contribution is -2.30. The van der Waals surface area contributed by atoms with E-state index in [1.54, 1.807) is 11.0 Å². The fourth-order valence-electron chi connectivity index (χ4n) is 1.97. The molecular formula is C16H14BrClFNO. The molecule has 0 aromatic heterocycles. The standard InChI is InChI=1S/C16H14BrClFNO/c1-2-20(10-12-5-3-4-6-14(12)18)16(21)11-7-8-15(19)13(17)9-11/h3-9H,2,10H2,1H3. The van der Waals surface area contributed by atoms with Crippen molar-refractivity contribution in [1.82, 2.24) is 4.90 Å². The van der Waals surface area contributed by atoms with Gasteiger partial charge in [-0.1, -0.05) is 29.8 Å². The first-order valence-corrected chi connectivity index (χ1v) is 7.67.